The normalized spacial score (nSPS) is 14.9. The second-order valence-corrected chi connectivity index (χ2v) is 6.94. The van der Waals surface area contributed by atoms with Crippen LogP contribution in [0.25, 0.3) is 0 Å². The van der Waals surface area contributed by atoms with Crippen molar-refractivity contribution in [3.05, 3.63) is 65.5 Å². The Morgan fingerprint density at radius 1 is 1.07 bits per heavy atom. The van der Waals surface area contributed by atoms with E-state index in [1.54, 1.807) is 4.90 Å². The van der Waals surface area contributed by atoms with Gasteiger partial charge in [0.1, 0.15) is 5.82 Å². The number of anilines is 1. The zero-order valence-electron chi connectivity index (χ0n) is 15.8. The van der Waals surface area contributed by atoms with Gasteiger partial charge in [0, 0.05) is 36.8 Å². The number of halogens is 1. The molecule has 0 atom stereocenters. The Kier molecular flexibility index (Phi) is 5.89. The Labute approximate surface area is 159 Å². The maximum Gasteiger partial charge on any atom is 0.253 e. The molecule has 2 aromatic carbocycles. The Balaban J connectivity index is 1.64. The van der Waals surface area contributed by atoms with Crippen LogP contribution in [-0.2, 0) is 4.79 Å². The van der Waals surface area contributed by atoms with Gasteiger partial charge >= 0.3 is 0 Å². The fourth-order valence-electron chi connectivity index (χ4n) is 3.64. The maximum atomic E-state index is 13.0. The highest BCUT2D eigenvalue weighted by molar-refractivity contribution is 5.97. The van der Waals surface area contributed by atoms with Crippen molar-refractivity contribution in [1.29, 1.82) is 0 Å². The van der Waals surface area contributed by atoms with E-state index in [0.29, 0.717) is 38.0 Å². The molecule has 0 N–H and O–H groups in total. The lowest BCUT2D eigenvalue weighted by atomic mass is 9.94. The number of carbonyl (C=O) groups is 2. The highest BCUT2D eigenvalue weighted by atomic mass is 19.1. The third-order valence-corrected chi connectivity index (χ3v) is 5.21. The first-order valence-electron chi connectivity index (χ1n) is 9.43. The number of hydrogen-bond acceptors (Lipinski definition) is 2. The summed E-state index contributed by atoms with van der Waals surface area (Å²) in [6, 6.07) is 13.5. The van der Waals surface area contributed by atoms with E-state index >= 15 is 0 Å². The average Bonchev–Trinajstić information content (AvgIpc) is 2.70. The lowest BCUT2D eigenvalue weighted by molar-refractivity contribution is -0.123. The van der Waals surface area contributed by atoms with Crippen LogP contribution in [0.4, 0.5) is 10.1 Å². The van der Waals surface area contributed by atoms with E-state index < -0.39 is 0 Å². The predicted octanol–water partition coefficient (Wildman–Crippen LogP) is 4.04. The van der Waals surface area contributed by atoms with Gasteiger partial charge in [0.2, 0.25) is 5.91 Å². The first-order valence-corrected chi connectivity index (χ1v) is 9.43. The molecule has 1 aliphatic rings. The molecule has 142 valence electrons. The third-order valence-electron chi connectivity index (χ3n) is 5.21. The molecule has 27 heavy (non-hydrogen) atoms. The Morgan fingerprint density at radius 2 is 1.70 bits per heavy atom. The third kappa shape index (κ3) is 4.18. The number of likely N-dealkylation sites (tertiary alicyclic amines) is 1. The molecule has 2 aromatic rings. The van der Waals surface area contributed by atoms with Gasteiger partial charge in [0.05, 0.1) is 0 Å². The summed E-state index contributed by atoms with van der Waals surface area (Å²) in [5.74, 6) is -0.415. The minimum Gasteiger partial charge on any atom is -0.339 e. The summed E-state index contributed by atoms with van der Waals surface area (Å²) in [6.45, 7) is 5.70. The first-order chi connectivity index (χ1) is 13.0. The largest absolute Gasteiger partial charge is 0.339 e. The highest BCUT2D eigenvalue weighted by Crippen LogP contribution is 2.26. The molecule has 0 bridgehead atoms. The fraction of sp³-hybridized carbons (Fsp3) is 0.364. The lowest BCUT2D eigenvalue weighted by Gasteiger charge is -2.34. The summed E-state index contributed by atoms with van der Waals surface area (Å²) < 4.78 is 13.0. The zero-order valence-corrected chi connectivity index (χ0v) is 15.8. The standard InChI is InChI=1S/C22H25FN2O2/c1-3-25(20-7-5-4-6-16(20)2)22(27)18-12-14-24(15-13-18)21(26)17-8-10-19(23)11-9-17/h4-11,18H,3,12-15H2,1-2H3. The summed E-state index contributed by atoms with van der Waals surface area (Å²) in [6.07, 6.45) is 1.29. The maximum absolute atomic E-state index is 13.0. The Hall–Kier alpha value is -2.69. The molecular weight excluding hydrogens is 343 g/mol. The van der Waals surface area contributed by atoms with E-state index in [1.165, 1.54) is 24.3 Å². The van der Waals surface area contributed by atoms with E-state index in [4.69, 9.17) is 0 Å². The van der Waals surface area contributed by atoms with Crippen LogP contribution in [0.3, 0.4) is 0 Å². The number of nitrogens with zero attached hydrogens (tertiary/aromatic N) is 2. The predicted molar refractivity (Wildman–Crippen MR) is 104 cm³/mol. The molecule has 1 aliphatic heterocycles. The molecule has 0 unspecified atom stereocenters. The van der Waals surface area contributed by atoms with Crippen molar-refractivity contribution in [2.24, 2.45) is 5.92 Å². The number of aryl methyl sites for hydroxylation is 1. The number of hydrogen-bond donors (Lipinski definition) is 0. The van der Waals surface area contributed by atoms with Crippen LogP contribution in [0.1, 0.15) is 35.7 Å². The molecule has 0 spiro atoms. The van der Waals surface area contributed by atoms with Gasteiger partial charge in [-0.3, -0.25) is 9.59 Å². The molecule has 4 nitrogen and oxygen atoms in total. The molecule has 1 fully saturated rings. The number of piperidine rings is 1. The lowest BCUT2D eigenvalue weighted by Crippen LogP contribution is -2.44. The molecular formula is C22H25FN2O2. The van der Waals surface area contributed by atoms with Gasteiger partial charge in [-0.2, -0.15) is 0 Å². The van der Waals surface area contributed by atoms with Crippen molar-refractivity contribution in [3.8, 4) is 0 Å². The van der Waals surface area contributed by atoms with Gasteiger partial charge in [-0.1, -0.05) is 18.2 Å². The molecule has 3 rings (SSSR count). The molecule has 0 aromatic heterocycles. The van der Waals surface area contributed by atoms with Crippen LogP contribution in [0, 0.1) is 18.7 Å². The van der Waals surface area contributed by atoms with E-state index in [2.05, 4.69) is 0 Å². The van der Waals surface area contributed by atoms with Gasteiger partial charge in [-0.25, -0.2) is 4.39 Å². The summed E-state index contributed by atoms with van der Waals surface area (Å²) >= 11 is 0. The second-order valence-electron chi connectivity index (χ2n) is 6.94. The first kappa shape index (κ1) is 19.1. The van der Waals surface area contributed by atoms with E-state index in [9.17, 15) is 14.0 Å². The van der Waals surface area contributed by atoms with E-state index in [0.717, 1.165) is 11.3 Å². The summed E-state index contributed by atoms with van der Waals surface area (Å²) in [5.41, 5.74) is 2.52. The van der Waals surface area contributed by atoms with Gasteiger partial charge in [-0.15, -0.1) is 0 Å². The Morgan fingerprint density at radius 3 is 2.30 bits per heavy atom. The number of carbonyl (C=O) groups excluding carboxylic acids is 2. The second kappa shape index (κ2) is 8.33. The summed E-state index contributed by atoms with van der Waals surface area (Å²) in [4.78, 5) is 29.2. The van der Waals surface area contributed by atoms with Crippen LogP contribution in [-0.4, -0.2) is 36.3 Å². The fourth-order valence-corrected chi connectivity index (χ4v) is 3.64. The van der Waals surface area contributed by atoms with Gasteiger partial charge in [0.15, 0.2) is 0 Å². The number of benzene rings is 2. The van der Waals surface area contributed by atoms with Crippen molar-refractivity contribution in [1.82, 2.24) is 4.90 Å². The van der Waals surface area contributed by atoms with E-state index in [-0.39, 0.29) is 23.5 Å². The molecule has 1 heterocycles. The van der Waals surface area contributed by atoms with Crippen LogP contribution >= 0.6 is 0 Å². The number of rotatable bonds is 4. The SMILES string of the molecule is CCN(C(=O)C1CCN(C(=O)c2ccc(F)cc2)CC1)c1ccccc1C. The number of amides is 2. The van der Waals surface area contributed by atoms with Crippen LogP contribution in [0.5, 0.6) is 0 Å². The van der Waals surface area contributed by atoms with Gasteiger partial charge in [0.25, 0.3) is 5.91 Å². The quantitative estimate of drug-likeness (QED) is 0.817. The summed E-state index contributed by atoms with van der Waals surface area (Å²) in [7, 11) is 0. The molecule has 0 aliphatic carbocycles. The number of para-hydroxylation sites is 1. The molecule has 0 saturated carbocycles. The minimum absolute atomic E-state index is 0.0816. The minimum atomic E-state index is -0.355. The zero-order chi connectivity index (χ0) is 19.4. The van der Waals surface area contributed by atoms with Crippen molar-refractivity contribution in [2.45, 2.75) is 26.7 Å². The topological polar surface area (TPSA) is 40.6 Å². The van der Waals surface area contributed by atoms with Crippen molar-refractivity contribution < 1.29 is 14.0 Å². The monoisotopic (exact) mass is 368 g/mol. The van der Waals surface area contributed by atoms with Crippen LogP contribution in [0.2, 0.25) is 0 Å². The van der Waals surface area contributed by atoms with Gasteiger partial charge in [-0.05, 0) is 62.6 Å². The molecule has 5 heteroatoms. The Bertz CT molecular complexity index is 811. The molecule has 0 radical (unpaired) electrons. The van der Waals surface area contributed by atoms with Crippen LogP contribution in [0.15, 0.2) is 48.5 Å². The van der Waals surface area contributed by atoms with Crippen molar-refractivity contribution >= 4 is 17.5 Å². The molecule has 1 saturated heterocycles. The van der Waals surface area contributed by atoms with Gasteiger partial charge < -0.3 is 9.80 Å². The summed E-state index contributed by atoms with van der Waals surface area (Å²) in [5, 5.41) is 0. The van der Waals surface area contributed by atoms with Crippen molar-refractivity contribution in [3.63, 3.8) is 0 Å². The smallest absolute Gasteiger partial charge is 0.253 e. The van der Waals surface area contributed by atoms with Crippen molar-refractivity contribution in [2.75, 3.05) is 24.5 Å². The van der Waals surface area contributed by atoms with Crippen LogP contribution < -0.4 is 4.90 Å². The highest BCUT2D eigenvalue weighted by Gasteiger charge is 2.31. The van der Waals surface area contributed by atoms with E-state index in [1.807, 2.05) is 43.0 Å². The molecule has 2 amide bonds. The average molecular weight is 368 g/mol.